The van der Waals surface area contributed by atoms with Crippen molar-refractivity contribution in [2.45, 2.75) is 20.4 Å². The van der Waals surface area contributed by atoms with Crippen LogP contribution in [0.15, 0.2) is 10.6 Å². The number of esters is 1. The van der Waals surface area contributed by atoms with Gasteiger partial charge in [0.15, 0.2) is 5.69 Å². The number of methoxy groups -OCH3 is 1. The Balaban J connectivity index is 2.34. The SMILES string of the molecule is COC(=O)c1nc(C)n(Cc2cc(C)on2)c1N. The van der Waals surface area contributed by atoms with Crippen LogP contribution in [0.1, 0.15) is 27.8 Å². The molecule has 0 atom stereocenters. The summed E-state index contributed by atoms with van der Waals surface area (Å²) in [4.78, 5) is 15.5. The Morgan fingerprint density at radius 3 is 2.83 bits per heavy atom. The number of hydrogen-bond donors (Lipinski definition) is 1. The number of hydrogen-bond acceptors (Lipinski definition) is 6. The van der Waals surface area contributed by atoms with Crippen LogP contribution in [-0.2, 0) is 11.3 Å². The Bertz CT molecular complexity index is 585. The van der Waals surface area contributed by atoms with Gasteiger partial charge < -0.3 is 19.6 Å². The molecule has 0 aliphatic carbocycles. The summed E-state index contributed by atoms with van der Waals surface area (Å²) in [6, 6.07) is 1.80. The van der Waals surface area contributed by atoms with Crippen LogP contribution in [0.3, 0.4) is 0 Å². The highest BCUT2D eigenvalue weighted by Gasteiger charge is 2.19. The highest BCUT2D eigenvalue weighted by atomic mass is 16.5. The molecule has 2 heterocycles. The Hall–Kier alpha value is -2.31. The molecular formula is C11H14N4O3. The standard InChI is InChI=1S/C11H14N4O3/c1-6-4-8(14-18-6)5-15-7(2)13-9(10(15)12)11(16)17-3/h4H,5,12H2,1-3H3. The molecule has 96 valence electrons. The second kappa shape index (κ2) is 4.52. The van der Waals surface area contributed by atoms with E-state index in [-0.39, 0.29) is 11.5 Å². The number of anilines is 1. The zero-order chi connectivity index (χ0) is 13.3. The summed E-state index contributed by atoms with van der Waals surface area (Å²) in [5.74, 6) is 1.05. The van der Waals surface area contributed by atoms with Gasteiger partial charge in [-0.15, -0.1) is 0 Å². The molecule has 0 aromatic carbocycles. The predicted molar refractivity (Wildman–Crippen MR) is 63.1 cm³/mol. The third kappa shape index (κ3) is 2.06. The van der Waals surface area contributed by atoms with Crippen LogP contribution < -0.4 is 5.73 Å². The average molecular weight is 250 g/mol. The van der Waals surface area contributed by atoms with Crippen molar-refractivity contribution < 1.29 is 14.1 Å². The van der Waals surface area contributed by atoms with E-state index < -0.39 is 5.97 Å². The van der Waals surface area contributed by atoms with Crippen molar-refractivity contribution in [2.75, 3.05) is 12.8 Å². The molecule has 0 saturated carbocycles. The predicted octanol–water partition coefficient (Wildman–Crippen LogP) is 0.905. The summed E-state index contributed by atoms with van der Waals surface area (Å²) in [6.45, 7) is 3.97. The first-order valence-corrected chi connectivity index (χ1v) is 5.36. The van der Waals surface area contributed by atoms with E-state index in [4.69, 9.17) is 10.3 Å². The quantitative estimate of drug-likeness (QED) is 0.813. The van der Waals surface area contributed by atoms with Crippen LogP contribution in [0, 0.1) is 13.8 Å². The van der Waals surface area contributed by atoms with Crippen LogP contribution in [0.25, 0.3) is 0 Å². The van der Waals surface area contributed by atoms with Crippen molar-refractivity contribution in [3.05, 3.63) is 29.0 Å². The monoisotopic (exact) mass is 250 g/mol. The van der Waals surface area contributed by atoms with Gasteiger partial charge in [0.2, 0.25) is 0 Å². The normalized spacial score (nSPS) is 10.6. The van der Waals surface area contributed by atoms with Crippen LogP contribution in [0.4, 0.5) is 5.82 Å². The molecule has 0 radical (unpaired) electrons. The molecule has 0 aliphatic rings. The van der Waals surface area contributed by atoms with Gasteiger partial charge in [-0.3, -0.25) is 0 Å². The second-order valence-corrected chi connectivity index (χ2v) is 3.90. The zero-order valence-corrected chi connectivity index (χ0v) is 10.4. The van der Waals surface area contributed by atoms with Crippen LogP contribution >= 0.6 is 0 Å². The van der Waals surface area contributed by atoms with Gasteiger partial charge in [0, 0.05) is 6.07 Å². The molecule has 7 nitrogen and oxygen atoms in total. The van der Waals surface area contributed by atoms with E-state index >= 15 is 0 Å². The van der Waals surface area contributed by atoms with Crippen LogP contribution in [-0.4, -0.2) is 27.8 Å². The average Bonchev–Trinajstić information content (AvgIpc) is 2.87. The van der Waals surface area contributed by atoms with Gasteiger partial charge in [0.25, 0.3) is 0 Å². The number of nitrogen functional groups attached to an aromatic ring is 1. The largest absolute Gasteiger partial charge is 0.464 e. The topological polar surface area (TPSA) is 96.2 Å². The molecule has 0 fully saturated rings. The number of rotatable bonds is 3. The molecule has 18 heavy (non-hydrogen) atoms. The van der Waals surface area contributed by atoms with E-state index in [1.807, 2.05) is 0 Å². The third-order valence-corrected chi connectivity index (χ3v) is 2.57. The lowest BCUT2D eigenvalue weighted by Gasteiger charge is -2.04. The van der Waals surface area contributed by atoms with Crippen molar-refractivity contribution in [2.24, 2.45) is 0 Å². The summed E-state index contributed by atoms with van der Waals surface area (Å²) in [5, 5.41) is 3.87. The van der Waals surface area contributed by atoms with Gasteiger partial charge >= 0.3 is 5.97 Å². The maximum atomic E-state index is 11.4. The lowest BCUT2D eigenvalue weighted by atomic mass is 10.3. The Labute approximate surface area is 104 Å². The van der Waals surface area contributed by atoms with E-state index in [1.54, 1.807) is 24.5 Å². The molecular weight excluding hydrogens is 236 g/mol. The molecule has 2 aromatic heterocycles. The number of ether oxygens (including phenoxy) is 1. The molecule has 0 unspecified atom stereocenters. The minimum absolute atomic E-state index is 0.121. The highest BCUT2D eigenvalue weighted by molar-refractivity contribution is 5.92. The molecule has 2 aromatic rings. The summed E-state index contributed by atoms with van der Waals surface area (Å²) in [5.41, 5.74) is 6.72. The molecule has 7 heteroatoms. The molecule has 0 bridgehead atoms. The molecule has 0 aliphatic heterocycles. The van der Waals surface area contributed by atoms with Crippen molar-refractivity contribution in [1.82, 2.24) is 14.7 Å². The maximum absolute atomic E-state index is 11.4. The fourth-order valence-electron chi connectivity index (χ4n) is 1.68. The lowest BCUT2D eigenvalue weighted by molar-refractivity contribution is 0.0595. The number of nitrogens with zero attached hydrogens (tertiary/aromatic N) is 3. The third-order valence-electron chi connectivity index (χ3n) is 2.57. The first kappa shape index (κ1) is 12.2. The van der Waals surface area contributed by atoms with Gasteiger partial charge in [-0.05, 0) is 13.8 Å². The zero-order valence-electron chi connectivity index (χ0n) is 10.4. The molecule has 0 amide bonds. The maximum Gasteiger partial charge on any atom is 0.360 e. The van der Waals surface area contributed by atoms with Crippen molar-refractivity contribution >= 4 is 11.8 Å². The van der Waals surface area contributed by atoms with Crippen molar-refractivity contribution in [3.63, 3.8) is 0 Å². The van der Waals surface area contributed by atoms with Gasteiger partial charge in [-0.2, -0.15) is 0 Å². The van der Waals surface area contributed by atoms with Gasteiger partial charge in [-0.1, -0.05) is 5.16 Å². The number of nitrogens with two attached hydrogens (primary N) is 1. The fourth-order valence-corrected chi connectivity index (χ4v) is 1.68. The molecule has 2 N–H and O–H groups in total. The molecule has 2 rings (SSSR count). The number of imidazole rings is 1. The van der Waals surface area contributed by atoms with E-state index in [0.717, 1.165) is 11.5 Å². The van der Waals surface area contributed by atoms with Crippen molar-refractivity contribution in [3.8, 4) is 0 Å². The first-order valence-electron chi connectivity index (χ1n) is 5.36. The second-order valence-electron chi connectivity index (χ2n) is 3.90. The number of aromatic nitrogens is 3. The molecule has 0 spiro atoms. The Kier molecular flexibility index (Phi) is 3.05. The van der Waals surface area contributed by atoms with E-state index in [1.165, 1.54) is 7.11 Å². The van der Waals surface area contributed by atoms with Crippen molar-refractivity contribution in [1.29, 1.82) is 0 Å². The van der Waals surface area contributed by atoms with E-state index in [9.17, 15) is 4.79 Å². The Morgan fingerprint density at radius 1 is 1.56 bits per heavy atom. The number of carbonyl (C=O) groups is 1. The van der Waals surface area contributed by atoms with Gasteiger partial charge in [0.05, 0.1) is 13.7 Å². The van der Waals surface area contributed by atoms with Gasteiger partial charge in [0.1, 0.15) is 23.1 Å². The molecule has 0 saturated heterocycles. The van der Waals surface area contributed by atoms with Crippen LogP contribution in [0.2, 0.25) is 0 Å². The lowest BCUT2D eigenvalue weighted by Crippen LogP contribution is -2.09. The minimum atomic E-state index is -0.550. The van der Waals surface area contributed by atoms with Gasteiger partial charge in [-0.25, -0.2) is 9.78 Å². The summed E-state index contributed by atoms with van der Waals surface area (Å²) < 4.78 is 11.3. The van der Waals surface area contributed by atoms with Crippen LogP contribution in [0.5, 0.6) is 0 Å². The summed E-state index contributed by atoms with van der Waals surface area (Å²) >= 11 is 0. The smallest absolute Gasteiger partial charge is 0.360 e. The highest BCUT2D eigenvalue weighted by Crippen LogP contribution is 2.17. The van der Waals surface area contributed by atoms with E-state index in [2.05, 4.69) is 14.9 Å². The number of carbonyl (C=O) groups excluding carboxylic acids is 1. The minimum Gasteiger partial charge on any atom is -0.464 e. The van der Waals surface area contributed by atoms with E-state index in [0.29, 0.717) is 12.4 Å². The first-order chi connectivity index (χ1) is 8.52. The number of aryl methyl sites for hydroxylation is 2. The summed E-state index contributed by atoms with van der Waals surface area (Å²) in [6.07, 6.45) is 0. The Morgan fingerprint density at radius 2 is 2.28 bits per heavy atom. The fraction of sp³-hybridized carbons (Fsp3) is 0.364. The summed E-state index contributed by atoms with van der Waals surface area (Å²) in [7, 11) is 1.29.